The zero-order valence-electron chi connectivity index (χ0n) is 12.0. The van der Waals surface area contributed by atoms with Crippen LogP contribution in [0.15, 0.2) is 42.5 Å². The van der Waals surface area contributed by atoms with E-state index in [1.165, 1.54) is 0 Å². The van der Waals surface area contributed by atoms with E-state index in [0.717, 1.165) is 36.4 Å². The van der Waals surface area contributed by atoms with Crippen molar-refractivity contribution in [3.05, 3.63) is 73.8 Å². The molecule has 8 nitrogen and oxygen atoms in total. The number of halogens is 3. The largest absolute Gasteiger partial charge is 0.426 e. The molecule has 130 valence electrons. The fourth-order valence-corrected chi connectivity index (χ4v) is 1.92. The maximum atomic E-state index is 13.1. The van der Waals surface area contributed by atoms with E-state index in [9.17, 15) is 38.2 Å². The van der Waals surface area contributed by atoms with Gasteiger partial charge in [0.15, 0.2) is 11.3 Å². The molecule has 0 spiro atoms. The molecule has 0 saturated carbocycles. The predicted octanol–water partition coefficient (Wildman–Crippen LogP) is 3.74. The topological polar surface area (TPSA) is 113 Å². The van der Waals surface area contributed by atoms with E-state index in [-0.39, 0.29) is 11.3 Å². The van der Waals surface area contributed by atoms with Crippen LogP contribution in [0.2, 0.25) is 0 Å². The van der Waals surface area contributed by atoms with Gasteiger partial charge in [0.05, 0.1) is 15.4 Å². The molecule has 0 atom stereocenters. The smallest absolute Gasteiger partial charge is 0.422 e. The zero-order chi connectivity index (χ0) is 18.8. The number of rotatable bonds is 4. The van der Waals surface area contributed by atoms with Crippen LogP contribution in [0.4, 0.5) is 24.5 Å². The molecular formula is C14H7F3N2O6. The van der Waals surface area contributed by atoms with E-state index >= 15 is 0 Å². The number of hydrogen-bond acceptors (Lipinski definition) is 6. The van der Waals surface area contributed by atoms with Gasteiger partial charge in [0, 0.05) is 18.2 Å². The number of esters is 1. The highest BCUT2D eigenvalue weighted by molar-refractivity contribution is 5.91. The minimum atomic E-state index is -5.13. The Morgan fingerprint density at radius 1 is 0.960 bits per heavy atom. The van der Waals surface area contributed by atoms with Crippen molar-refractivity contribution in [1.29, 1.82) is 0 Å². The number of nitro groups is 2. The number of non-ortho nitro benzene ring substituents is 1. The first-order valence-corrected chi connectivity index (χ1v) is 6.42. The second-order valence-electron chi connectivity index (χ2n) is 4.60. The summed E-state index contributed by atoms with van der Waals surface area (Å²) in [5.74, 6) is -2.29. The predicted molar refractivity (Wildman–Crippen MR) is 76.2 cm³/mol. The highest BCUT2D eigenvalue weighted by Gasteiger charge is 2.42. The van der Waals surface area contributed by atoms with E-state index in [1.807, 2.05) is 0 Å². The Morgan fingerprint density at radius 3 is 2.04 bits per heavy atom. The molecule has 0 fully saturated rings. The first-order valence-electron chi connectivity index (χ1n) is 6.42. The molecule has 0 amide bonds. The summed E-state index contributed by atoms with van der Waals surface area (Å²) >= 11 is 0. The van der Waals surface area contributed by atoms with Crippen LogP contribution in [-0.4, -0.2) is 15.8 Å². The number of carbonyl (C=O) groups excluding carboxylic acids is 1. The van der Waals surface area contributed by atoms with E-state index in [1.54, 1.807) is 0 Å². The molecule has 0 aliphatic heterocycles. The summed E-state index contributed by atoms with van der Waals surface area (Å²) in [5.41, 5.74) is -3.55. The molecule has 0 aromatic heterocycles. The molecule has 0 aliphatic carbocycles. The van der Waals surface area contributed by atoms with Crippen LogP contribution in [-0.2, 0) is 6.18 Å². The third-order valence-electron chi connectivity index (χ3n) is 3.00. The lowest BCUT2D eigenvalue weighted by Gasteiger charge is -2.12. The Morgan fingerprint density at radius 2 is 1.56 bits per heavy atom. The first-order chi connectivity index (χ1) is 11.6. The van der Waals surface area contributed by atoms with E-state index in [0.29, 0.717) is 6.07 Å². The molecule has 0 unspecified atom stereocenters. The van der Waals surface area contributed by atoms with Crippen LogP contribution in [0.1, 0.15) is 15.9 Å². The molecule has 0 heterocycles. The Bertz CT molecular complexity index is 849. The average Bonchev–Trinajstić information content (AvgIpc) is 2.53. The van der Waals surface area contributed by atoms with Gasteiger partial charge in [-0.2, -0.15) is 13.2 Å². The van der Waals surface area contributed by atoms with Crippen molar-refractivity contribution in [2.45, 2.75) is 6.18 Å². The molecule has 25 heavy (non-hydrogen) atoms. The minimum absolute atomic E-state index is 0.259. The fraction of sp³-hybridized carbons (Fsp3) is 0.0714. The van der Waals surface area contributed by atoms with Gasteiger partial charge in [-0.1, -0.05) is 6.07 Å². The molecule has 11 heteroatoms. The normalized spacial score (nSPS) is 11.0. The number of carbonyl (C=O) groups is 1. The number of nitrogens with zero attached hydrogens (tertiary/aromatic N) is 2. The monoisotopic (exact) mass is 356 g/mol. The number of benzene rings is 2. The highest BCUT2D eigenvalue weighted by Crippen LogP contribution is 2.42. The van der Waals surface area contributed by atoms with Crippen LogP contribution >= 0.6 is 0 Å². The van der Waals surface area contributed by atoms with Gasteiger partial charge in [0.25, 0.3) is 11.4 Å². The van der Waals surface area contributed by atoms with E-state index in [2.05, 4.69) is 4.74 Å². The van der Waals surface area contributed by atoms with Gasteiger partial charge in [-0.25, -0.2) is 4.79 Å². The SMILES string of the molecule is O=C(Oc1cccc([N+](=O)[O-])c1C(F)(F)F)c1ccc([N+](=O)[O-])cc1. The Hall–Kier alpha value is -3.50. The summed E-state index contributed by atoms with van der Waals surface area (Å²) in [6.07, 6.45) is -5.13. The summed E-state index contributed by atoms with van der Waals surface area (Å²) in [6.45, 7) is 0. The summed E-state index contributed by atoms with van der Waals surface area (Å²) in [6, 6.07) is 6.25. The number of alkyl halides is 3. The molecule has 2 aromatic rings. The lowest BCUT2D eigenvalue weighted by atomic mass is 10.1. The molecule has 0 N–H and O–H groups in total. The van der Waals surface area contributed by atoms with Gasteiger partial charge in [-0.15, -0.1) is 0 Å². The van der Waals surface area contributed by atoms with Gasteiger partial charge < -0.3 is 4.74 Å². The number of nitro benzene ring substituents is 2. The molecule has 2 rings (SSSR count). The Balaban J connectivity index is 2.39. The quantitative estimate of drug-likeness (QED) is 0.357. The average molecular weight is 356 g/mol. The molecule has 0 aliphatic rings. The lowest BCUT2D eigenvalue weighted by molar-refractivity contribution is -0.388. The van der Waals surface area contributed by atoms with Crippen LogP contribution in [0, 0.1) is 20.2 Å². The second-order valence-corrected chi connectivity index (χ2v) is 4.60. The van der Waals surface area contributed by atoms with Gasteiger partial charge in [-0.05, 0) is 18.2 Å². The summed E-state index contributed by atoms with van der Waals surface area (Å²) < 4.78 is 43.9. The third-order valence-corrected chi connectivity index (χ3v) is 3.00. The van der Waals surface area contributed by atoms with Crippen LogP contribution in [0.5, 0.6) is 5.75 Å². The molecule has 0 bridgehead atoms. The maximum Gasteiger partial charge on any atom is 0.426 e. The molecular weight excluding hydrogens is 349 g/mol. The van der Waals surface area contributed by atoms with Crippen molar-refractivity contribution >= 4 is 17.3 Å². The van der Waals surface area contributed by atoms with Crippen molar-refractivity contribution in [1.82, 2.24) is 0 Å². The highest BCUT2D eigenvalue weighted by atomic mass is 19.4. The van der Waals surface area contributed by atoms with Crippen molar-refractivity contribution in [2.24, 2.45) is 0 Å². The van der Waals surface area contributed by atoms with Crippen molar-refractivity contribution < 1.29 is 32.5 Å². The molecule has 0 saturated heterocycles. The minimum Gasteiger partial charge on any atom is -0.422 e. The second kappa shape index (κ2) is 6.55. The third kappa shape index (κ3) is 3.88. The van der Waals surface area contributed by atoms with Crippen LogP contribution in [0.25, 0.3) is 0 Å². The van der Waals surface area contributed by atoms with Gasteiger partial charge >= 0.3 is 12.1 Å². The summed E-state index contributed by atoms with van der Waals surface area (Å²) in [7, 11) is 0. The Labute approximate surface area is 136 Å². The molecule has 0 radical (unpaired) electrons. The number of hydrogen-bond donors (Lipinski definition) is 0. The van der Waals surface area contributed by atoms with Gasteiger partial charge in [0.1, 0.15) is 0 Å². The summed E-state index contributed by atoms with van der Waals surface area (Å²) in [5, 5.41) is 21.3. The maximum absolute atomic E-state index is 13.1. The lowest BCUT2D eigenvalue weighted by Crippen LogP contribution is -2.15. The Kier molecular flexibility index (Phi) is 4.68. The first kappa shape index (κ1) is 17.8. The number of ether oxygens (including phenoxy) is 1. The van der Waals surface area contributed by atoms with Crippen molar-refractivity contribution in [3.8, 4) is 5.75 Å². The van der Waals surface area contributed by atoms with Gasteiger partial charge in [0.2, 0.25) is 0 Å². The van der Waals surface area contributed by atoms with Crippen molar-refractivity contribution in [2.75, 3.05) is 0 Å². The zero-order valence-corrected chi connectivity index (χ0v) is 12.0. The van der Waals surface area contributed by atoms with Crippen LogP contribution in [0.3, 0.4) is 0 Å². The van der Waals surface area contributed by atoms with Crippen LogP contribution < -0.4 is 4.74 Å². The van der Waals surface area contributed by atoms with Crippen molar-refractivity contribution in [3.63, 3.8) is 0 Å². The van der Waals surface area contributed by atoms with E-state index in [4.69, 9.17) is 0 Å². The fourth-order valence-electron chi connectivity index (χ4n) is 1.92. The molecule has 2 aromatic carbocycles. The standard InChI is InChI=1S/C14H7F3N2O6/c15-14(16,17)12-10(19(23)24)2-1-3-11(12)25-13(20)8-4-6-9(7-5-8)18(21)22/h1-7H. The summed E-state index contributed by atoms with van der Waals surface area (Å²) in [4.78, 5) is 31.3. The van der Waals surface area contributed by atoms with E-state index < -0.39 is 39.0 Å². The van der Waals surface area contributed by atoms with Gasteiger partial charge in [-0.3, -0.25) is 20.2 Å².